The largest absolute Gasteiger partial charge is 0.395 e. The van der Waals surface area contributed by atoms with Crippen LogP contribution < -0.4 is 0 Å². The molecule has 0 heterocycles. The second-order valence-corrected chi connectivity index (χ2v) is 3.73. The van der Waals surface area contributed by atoms with Gasteiger partial charge in [-0.25, -0.2) is 0 Å². The molecule has 0 aliphatic heterocycles. The van der Waals surface area contributed by atoms with Crippen molar-refractivity contribution in [3.05, 3.63) is 35.9 Å². The molecule has 0 aliphatic rings. The molecule has 86 valence electrons. The molecule has 0 saturated heterocycles. The predicted molar refractivity (Wildman–Crippen MR) is 63.6 cm³/mol. The molecule has 0 radical (unpaired) electrons. The zero-order valence-corrected chi connectivity index (χ0v) is 9.63. The lowest BCUT2D eigenvalue weighted by Gasteiger charge is -2.25. The molecule has 1 rings (SSSR count). The second kappa shape index (κ2) is 7.00. The van der Waals surface area contributed by atoms with Gasteiger partial charge in [0.2, 0.25) is 0 Å². The van der Waals surface area contributed by atoms with E-state index in [1.165, 1.54) is 5.56 Å². The minimum absolute atomic E-state index is 0.0883. The summed E-state index contributed by atoms with van der Waals surface area (Å²) in [6.07, 6.45) is 0.781. The standard InChI is InChI=1S/C13H18N2O/c1-2-13(10-14)15(8-9-16)11-12-6-4-3-5-7-12/h3-7,13,16H,2,8-9,11H2,1H3. The van der Waals surface area contributed by atoms with Crippen molar-refractivity contribution < 1.29 is 5.11 Å². The summed E-state index contributed by atoms with van der Waals surface area (Å²) >= 11 is 0. The summed E-state index contributed by atoms with van der Waals surface area (Å²) in [5.74, 6) is 0. The van der Waals surface area contributed by atoms with E-state index in [4.69, 9.17) is 10.4 Å². The van der Waals surface area contributed by atoms with Crippen LogP contribution in [0.4, 0.5) is 0 Å². The summed E-state index contributed by atoms with van der Waals surface area (Å²) in [5.41, 5.74) is 1.17. The average Bonchev–Trinajstić information content (AvgIpc) is 2.32. The lowest BCUT2D eigenvalue weighted by Crippen LogP contribution is -2.35. The number of aliphatic hydroxyl groups is 1. The minimum atomic E-state index is -0.118. The van der Waals surface area contributed by atoms with Crippen LogP contribution in [0.15, 0.2) is 30.3 Å². The van der Waals surface area contributed by atoms with E-state index < -0.39 is 0 Å². The van der Waals surface area contributed by atoms with Gasteiger partial charge in [0.1, 0.15) is 0 Å². The highest BCUT2D eigenvalue weighted by molar-refractivity contribution is 5.15. The van der Waals surface area contributed by atoms with Gasteiger partial charge in [0.05, 0.1) is 18.7 Å². The first-order valence-electron chi connectivity index (χ1n) is 5.60. The summed E-state index contributed by atoms with van der Waals surface area (Å²) in [6, 6.07) is 12.2. The van der Waals surface area contributed by atoms with Gasteiger partial charge in [-0.05, 0) is 12.0 Å². The molecule has 3 heteroatoms. The molecule has 3 nitrogen and oxygen atoms in total. The van der Waals surface area contributed by atoms with Crippen molar-refractivity contribution in [2.75, 3.05) is 13.2 Å². The molecule has 16 heavy (non-hydrogen) atoms. The zero-order chi connectivity index (χ0) is 11.8. The quantitative estimate of drug-likeness (QED) is 0.791. The monoisotopic (exact) mass is 218 g/mol. The maximum absolute atomic E-state index is 9.03. The highest BCUT2D eigenvalue weighted by Gasteiger charge is 2.15. The molecule has 1 aromatic carbocycles. The van der Waals surface area contributed by atoms with Crippen LogP contribution in [0.5, 0.6) is 0 Å². The lowest BCUT2D eigenvalue weighted by molar-refractivity contribution is 0.164. The van der Waals surface area contributed by atoms with E-state index in [1.54, 1.807) is 0 Å². The normalized spacial score (nSPS) is 12.4. The summed E-state index contributed by atoms with van der Waals surface area (Å²) < 4.78 is 0. The SMILES string of the molecule is CCC(C#N)N(CCO)Cc1ccccc1. The fourth-order valence-electron chi connectivity index (χ4n) is 1.72. The van der Waals surface area contributed by atoms with Crippen LogP contribution in [0.25, 0.3) is 0 Å². The Morgan fingerprint density at radius 3 is 2.56 bits per heavy atom. The van der Waals surface area contributed by atoms with Gasteiger partial charge in [0, 0.05) is 13.1 Å². The van der Waals surface area contributed by atoms with Crippen molar-refractivity contribution in [3.8, 4) is 6.07 Å². The molecule has 0 fully saturated rings. The number of benzene rings is 1. The Morgan fingerprint density at radius 1 is 1.38 bits per heavy atom. The van der Waals surface area contributed by atoms with Crippen molar-refractivity contribution in [1.29, 1.82) is 5.26 Å². The minimum Gasteiger partial charge on any atom is -0.395 e. The topological polar surface area (TPSA) is 47.3 Å². The van der Waals surface area contributed by atoms with E-state index in [0.717, 1.165) is 6.42 Å². The molecule has 1 unspecified atom stereocenters. The Balaban J connectivity index is 2.68. The van der Waals surface area contributed by atoms with Crippen LogP contribution >= 0.6 is 0 Å². The summed E-state index contributed by atoms with van der Waals surface area (Å²) in [7, 11) is 0. The fourth-order valence-corrected chi connectivity index (χ4v) is 1.72. The van der Waals surface area contributed by atoms with Gasteiger partial charge >= 0.3 is 0 Å². The van der Waals surface area contributed by atoms with Crippen molar-refractivity contribution in [3.63, 3.8) is 0 Å². The van der Waals surface area contributed by atoms with Gasteiger partial charge in [0.15, 0.2) is 0 Å². The molecule has 0 amide bonds. The molecule has 0 aromatic heterocycles. The third-order valence-electron chi connectivity index (χ3n) is 2.59. The van der Waals surface area contributed by atoms with E-state index in [9.17, 15) is 0 Å². The first kappa shape index (κ1) is 12.7. The number of rotatable bonds is 6. The summed E-state index contributed by atoms with van der Waals surface area (Å²) in [4.78, 5) is 2.01. The smallest absolute Gasteiger partial charge is 0.0978 e. The van der Waals surface area contributed by atoms with E-state index in [1.807, 2.05) is 42.2 Å². The van der Waals surface area contributed by atoms with Crippen LogP contribution in [-0.4, -0.2) is 29.2 Å². The van der Waals surface area contributed by atoms with E-state index in [0.29, 0.717) is 13.1 Å². The summed E-state index contributed by atoms with van der Waals surface area (Å²) in [6.45, 7) is 3.34. The summed E-state index contributed by atoms with van der Waals surface area (Å²) in [5, 5.41) is 18.0. The van der Waals surface area contributed by atoms with Gasteiger partial charge in [0.25, 0.3) is 0 Å². The molecule has 1 aromatic rings. The van der Waals surface area contributed by atoms with Crippen LogP contribution in [0.1, 0.15) is 18.9 Å². The number of hydrogen-bond acceptors (Lipinski definition) is 3. The number of nitrogens with zero attached hydrogens (tertiary/aromatic N) is 2. The third kappa shape index (κ3) is 3.65. The Hall–Kier alpha value is -1.37. The Labute approximate surface area is 96.9 Å². The molecule has 1 atom stereocenters. The van der Waals surface area contributed by atoms with Crippen LogP contribution in [0.2, 0.25) is 0 Å². The first-order valence-corrected chi connectivity index (χ1v) is 5.60. The number of hydrogen-bond donors (Lipinski definition) is 1. The second-order valence-electron chi connectivity index (χ2n) is 3.73. The highest BCUT2D eigenvalue weighted by Crippen LogP contribution is 2.09. The molecule has 0 saturated carbocycles. The molecule has 1 N–H and O–H groups in total. The molecule has 0 aliphatic carbocycles. The highest BCUT2D eigenvalue weighted by atomic mass is 16.3. The maximum atomic E-state index is 9.03. The van der Waals surface area contributed by atoms with Gasteiger partial charge in [-0.1, -0.05) is 37.3 Å². The van der Waals surface area contributed by atoms with Crippen molar-refractivity contribution >= 4 is 0 Å². The van der Waals surface area contributed by atoms with Crippen molar-refractivity contribution in [2.24, 2.45) is 0 Å². The zero-order valence-electron chi connectivity index (χ0n) is 9.63. The van der Waals surface area contributed by atoms with Crippen molar-refractivity contribution in [1.82, 2.24) is 4.90 Å². The van der Waals surface area contributed by atoms with Gasteiger partial charge in [-0.15, -0.1) is 0 Å². The molecule has 0 bridgehead atoms. The van der Waals surface area contributed by atoms with Crippen LogP contribution in [0.3, 0.4) is 0 Å². The maximum Gasteiger partial charge on any atom is 0.0978 e. The lowest BCUT2D eigenvalue weighted by atomic mass is 10.1. The van der Waals surface area contributed by atoms with Crippen LogP contribution in [-0.2, 0) is 6.54 Å². The predicted octanol–water partition coefficient (Wildman–Crippen LogP) is 1.78. The van der Waals surface area contributed by atoms with Gasteiger partial charge < -0.3 is 5.11 Å². The average molecular weight is 218 g/mol. The van der Waals surface area contributed by atoms with Gasteiger partial charge in [-0.2, -0.15) is 5.26 Å². The first-order chi connectivity index (χ1) is 7.81. The molecule has 0 spiro atoms. The number of nitriles is 1. The number of aliphatic hydroxyl groups excluding tert-OH is 1. The van der Waals surface area contributed by atoms with E-state index in [-0.39, 0.29) is 12.6 Å². The molecular formula is C13H18N2O. The van der Waals surface area contributed by atoms with E-state index in [2.05, 4.69) is 6.07 Å². The Bertz CT molecular complexity index is 332. The fraction of sp³-hybridized carbons (Fsp3) is 0.462. The third-order valence-corrected chi connectivity index (χ3v) is 2.59. The van der Waals surface area contributed by atoms with Crippen LogP contribution in [0, 0.1) is 11.3 Å². The Morgan fingerprint density at radius 2 is 2.06 bits per heavy atom. The molecular weight excluding hydrogens is 200 g/mol. The van der Waals surface area contributed by atoms with Crippen molar-refractivity contribution in [2.45, 2.75) is 25.9 Å². The van der Waals surface area contributed by atoms with Gasteiger partial charge in [-0.3, -0.25) is 4.90 Å². The Kier molecular flexibility index (Phi) is 5.55. The van der Waals surface area contributed by atoms with E-state index >= 15 is 0 Å².